The lowest BCUT2D eigenvalue weighted by Crippen LogP contribution is -2.41. The van der Waals surface area contributed by atoms with E-state index in [0.717, 1.165) is 31.0 Å². The van der Waals surface area contributed by atoms with Gasteiger partial charge in [-0.25, -0.2) is 0 Å². The minimum absolute atomic E-state index is 0.370. The molecule has 0 saturated carbocycles. The summed E-state index contributed by atoms with van der Waals surface area (Å²) in [5.41, 5.74) is 2.66. The van der Waals surface area contributed by atoms with Crippen molar-refractivity contribution in [2.75, 3.05) is 24.6 Å². The molecule has 0 amide bonds. The lowest BCUT2D eigenvalue weighted by atomic mass is 9.86. The van der Waals surface area contributed by atoms with Crippen LogP contribution in [0.4, 0.5) is 0 Å². The Kier molecular flexibility index (Phi) is 3.39. The van der Waals surface area contributed by atoms with Crippen molar-refractivity contribution >= 4 is 10.8 Å². The lowest BCUT2D eigenvalue weighted by Gasteiger charge is -2.37. The molecule has 1 aliphatic carbocycles. The van der Waals surface area contributed by atoms with E-state index in [9.17, 15) is 9.32 Å². The fourth-order valence-corrected chi connectivity index (χ4v) is 4.20. The number of benzene rings is 1. The van der Waals surface area contributed by atoms with Crippen molar-refractivity contribution in [3.8, 4) is 5.75 Å². The van der Waals surface area contributed by atoms with Gasteiger partial charge < -0.3 is 5.11 Å². The first-order valence-corrected chi connectivity index (χ1v) is 8.13. The third-order valence-corrected chi connectivity index (χ3v) is 5.34. The number of aryl methyl sites for hydroxylation is 1. The molecule has 1 saturated heterocycles. The average molecular weight is 265 g/mol. The summed E-state index contributed by atoms with van der Waals surface area (Å²) in [4.78, 5) is 2.47. The second kappa shape index (κ2) is 5.02. The molecule has 0 radical (unpaired) electrons. The summed E-state index contributed by atoms with van der Waals surface area (Å²) < 4.78 is 11.4. The molecule has 3 nitrogen and oxygen atoms in total. The smallest absolute Gasteiger partial charge is 0.115 e. The number of aromatic hydroxyl groups is 1. The minimum atomic E-state index is -0.608. The maximum atomic E-state index is 11.4. The van der Waals surface area contributed by atoms with Crippen LogP contribution in [0.5, 0.6) is 5.75 Å². The van der Waals surface area contributed by atoms with E-state index in [1.807, 2.05) is 6.07 Å². The number of hydrogen-bond acceptors (Lipinski definition) is 3. The maximum Gasteiger partial charge on any atom is 0.115 e. The second-order valence-electron chi connectivity index (χ2n) is 5.18. The standard InChI is InChI=1S/C14H19NO2S/c16-12-4-5-13-11(10-12)2-1-3-14(13)15-6-8-18(17)9-7-15/h4-5,10,14,16H,1-3,6-9H2. The topological polar surface area (TPSA) is 40.5 Å². The number of fused-ring (bicyclic) bond motifs is 1. The van der Waals surface area contributed by atoms with Gasteiger partial charge in [0.05, 0.1) is 0 Å². The molecule has 1 atom stereocenters. The van der Waals surface area contributed by atoms with Crippen LogP contribution in [0, 0.1) is 0 Å². The highest BCUT2D eigenvalue weighted by Crippen LogP contribution is 2.36. The van der Waals surface area contributed by atoms with Gasteiger partial charge >= 0.3 is 0 Å². The molecule has 1 aromatic rings. The molecular weight excluding hydrogens is 246 g/mol. The fourth-order valence-electron chi connectivity index (χ4n) is 3.12. The van der Waals surface area contributed by atoms with E-state index in [2.05, 4.69) is 11.0 Å². The Morgan fingerprint density at radius 2 is 2.06 bits per heavy atom. The minimum Gasteiger partial charge on any atom is -0.508 e. The molecular formula is C14H19NO2S. The van der Waals surface area contributed by atoms with Crippen molar-refractivity contribution in [3.05, 3.63) is 29.3 Å². The third kappa shape index (κ3) is 2.31. The van der Waals surface area contributed by atoms with Crippen LogP contribution in [0.3, 0.4) is 0 Å². The molecule has 1 aliphatic heterocycles. The molecule has 0 bridgehead atoms. The molecule has 2 aliphatic rings. The van der Waals surface area contributed by atoms with Crippen LogP contribution in [-0.4, -0.2) is 38.8 Å². The molecule has 1 unspecified atom stereocenters. The van der Waals surface area contributed by atoms with E-state index < -0.39 is 10.8 Å². The monoisotopic (exact) mass is 265 g/mol. The van der Waals surface area contributed by atoms with Gasteiger partial charge in [-0.3, -0.25) is 9.11 Å². The molecule has 4 heteroatoms. The molecule has 1 aromatic carbocycles. The van der Waals surface area contributed by atoms with E-state index >= 15 is 0 Å². The van der Waals surface area contributed by atoms with Crippen molar-refractivity contribution in [1.29, 1.82) is 0 Å². The predicted molar refractivity (Wildman–Crippen MR) is 73.2 cm³/mol. The molecule has 18 heavy (non-hydrogen) atoms. The highest BCUT2D eigenvalue weighted by molar-refractivity contribution is 7.85. The van der Waals surface area contributed by atoms with Gasteiger partial charge in [-0.15, -0.1) is 0 Å². The SMILES string of the molecule is O=S1CCN(C2CCCc3cc(O)ccc32)CC1. The van der Waals surface area contributed by atoms with Gasteiger partial charge in [0.2, 0.25) is 0 Å². The molecule has 1 fully saturated rings. The summed E-state index contributed by atoms with van der Waals surface area (Å²) in [6.07, 6.45) is 3.44. The van der Waals surface area contributed by atoms with Crippen LogP contribution < -0.4 is 0 Å². The van der Waals surface area contributed by atoms with Crippen LogP contribution in [0.25, 0.3) is 0 Å². The molecule has 3 rings (SSSR count). The molecule has 0 spiro atoms. The van der Waals surface area contributed by atoms with Gasteiger partial charge in [0.1, 0.15) is 5.75 Å². The van der Waals surface area contributed by atoms with E-state index in [1.54, 1.807) is 6.07 Å². The molecule has 1 heterocycles. The van der Waals surface area contributed by atoms with Gasteiger partial charge in [-0.1, -0.05) is 6.07 Å². The first kappa shape index (κ1) is 12.2. The zero-order valence-electron chi connectivity index (χ0n) is 10.5. The Bertz CT molecular complexity index is 465. The quantitative estimate of drug-likeness (QED) is 0.842. The Balaban J connectivity index is 1.85. The Hall–Kier alpha value is -0.870. The zero-order chi connectivity index (χ0) is 12.5. The van der Waals surface area contributed by atoms with Crippen molar-refractivity contribution in [2.24, 2.45) is 0 Å². The van der Waals surface area contributed by atoms with E-state index in [0.29, 0.717) is 11.8 Å². The Labute approximate surface area is 110 Å². The van der Waals surface area contributed by atoms with Gasteiger partial charge in [0, 0.05) is 41.4 Å². The molecule has 1 N–H and O–H groups in total. The van der Waals surface area contributed by atoms with Crippen molar-refractivity contribution < 1.29 is 9.32 Å². The number of rotatable bonds is 1. The fraction of sp³-hybridized carbons (Fsp3) is 0.571. The molecule has 0 aromatic heterocycles. The number of phenolic OH excluding ortho intramolecular Hbond substituents is 1. The summed E-state index contributed by atoms with van der Waals surface area (Å²) >= 11 is 0. The third-order valence-electron chi connectivity index (χ3n) is 4.06. The van der Waals surface area contributed by atoms with E-state index in [4.69, 9.17) is 0 Å². The summed E-state index contributed by atoms with van der Waals surface area (Å²) in [7, 11) is -0.608. The highest BCUT2D eigenvalue weighted by Gasteiger charge is 2.28. The van der Waals surface area contributed by atoms with Crippen molar-refractivity contribution in [3.63, 3.8) is 0 Å². The summed E-state index contributed by atoms with van der Waals surface area (Å²) in [5.74, 6) is 1.99. The first-order chi connectivity index (χ1) is 8.74. The lowest BCUT2D eigenvalue weighted by molar-refractivity contribution is 0.195. The summed E-state index contributed by atoms with van der Waals surface area (Å²) in [6, 6.07) is 6.23. The largest absolute Gasteiger partial charge is 0.508 e. The van der Waals surface area contributed by atoms with Crippen LogP contribution in [-0.2, 0) is 17.2 Å². The van der Waals surface area contributed by atoms with Crippen molar-refractivity contribution in [2.45, 2.75) is 25.3 Å². The van der Waals surface area contributed by atoms with Gasteiger partial charge in [-0.2, -0.15) is 0 Å². The number of hydrogen-bond donors (Lipinski definition) is 1. The van der Waals surface area contributed by atoms with E-state index in [1.165, 1.54) is 24.0 Å². The highest BCUT2D eigenvalue weighted by atomic mass is 32.2. The van der Waals surface area contributed by atoms with Crippen LogP contribution in [0.2, 0.25) is 0 Å². The number of nitrogens with zero attached hydrogens (tertiary/aromatic N) is 1. The van der Waals surface area contributed by atoms with Crippen LogP contribution >= 0.6 is 0 Å². The average Bonchev–Trinajstić information content (AvgIpc) is 2.38. The van der Waals surface area contributed by atoms with Gasteiger partial charge in [0.25, 0.3) is 0 Å². The summed E-state index contributed by atoms with van der Waals surface area (Å²) in [6.45, 7) is 1.88. The second-order valence-corrected chi connectivity index (χ2v) is 6.87. The molecule has 98 valence electrons. The van der Waals surface area contributed by atoms with E-state index in [-0.39, 0.29) is 0 Å². The van der Waals surface area contributed by atoms with Crippen LogP contribution in [0.1, 0.15) is 30.0 Å². The maximum absolute atomic E-state index is 11.4. The van der Waals surface area contributed by atoms with Gasteiger partial charge in [-0.05, 0) is 42.5 Å². The van der Waals surface area contributed by atoms with Gasteiger partial charge in [0.15, 0.2) is 0 Å². The van der Waals surface area contributed by atoms with Crippen molar-refractivity contribution in [1.82, 2.24) is 4.90 Å². The van der Waals surface area contributed by atoms with Crippen LogP contribution in [0.15, 0.2) is 18.2 Å². The predicted octanol–water partition coefficient (Wildman–Crippen LogP) is 1.83. The Morgan fingerprint density at radius 3 is 2.83 bits per heavy atom. The zero-order valence-corrected chi connectivity index (χ0v) is 11.3. The number of phenols is 1. The summed E-state index contributed by atoms with van der Waals surface area (Å²) in [5, 5.41) is 9.57. The normalized spacial score (nSPS) is 25.9. The Morgan fingerprint density at radius 1 is 1.28 bits per heavy atom. The first-order valence-electron chi connectivity index (χ1n) is 6.65.